The highest BCUT2D eigenvalue weighted by atomic mass is 16.7. The molecule has 2 aliphatic heterocycles. The van der Waals surface area contributed by atoms with E-state index < -0.39 is 5.79 Å². The second kappa shape index (κ2) is 39.0. The van der Waals surface area contributed by atoms with Gasteiger partial charge in [0.05, 0.1) is 25.9 Å². The van der Waals surface area contributed by atoms with Crippen LogP contribution in [0.15, 0.2) is 0 Å². The maximum atomic E-state index is 12.6. The number of unbranched alkanes of at least 4 members (excludes halogenated alkanes) is 20. The minimum Gasteiger partial charge on any atom is -0.466 e. The van der Waals surface area contributed by atoms with Crippen LogP contribution >= 0.6 is 0 Å². The zero-order chi connectivity index (χ0) is 44.8. The van der Waals surface area contributed by atoms with Gasteiger partial charge in [-0.3, -0.25) is 9.59 Å². The number of likely N-dealkylation sites (N-methyl/N-ethyl adjacent to an activating group) is 1. The van der Waals surface area contributed by atoms with E-state index in [2.05, 4.69) is 44.5 Å². The van der Waals surface area contributed by atoms with Gasteiger partial charge in [-0.05, 0) is 76.7 Å². The molecule has 2 fully saturated rings. The molecule has 0 bridgehead atoms. The third-order valence-corrected chi connectivity index (χ3v) is 14.0. The van der Waals surface area contributed by atoms with Gasteiger partial charge >= 0.3 is 11.9 Å². The van der Waals surface area contributed by atoms with Crippen molar-refractivity contribution in [3.8, 4) is 0 Å². The fourth-order valence-electron chi connectivity index (χ4n) is 9.69. The Morgan fingerprint density at radius 1 is 0.532 bits per heavy atom. The van der Waals surface area contributed by atoms with Gasteiger partial charge in [-0.15, -0.1) is 0 Å². The molecule has 0 spiro atoms. The maximum absolute atomic E-state index is 12.6. The predicted molar refractivity (Wildman–Crippen MR) is 261 cm³/mol. The Kier molecular flexibility index (Phi) is 35.8. The van der Waals surface area contributed by atoms with E-state index in [1.807, 2.05) is 0 Å². The van der Waals surface area contributed by atoms with Crippen LogP contribution in [-0.2, 0) is 28.5 Å². The summed E-state index contributed by atoms with van der Waals surface area (Å²) in [4.78, 5) is 30.2. The largest absolute Gasteiger partial charge is 0.466 e. The number of hydrogen-bond donors (Lipinski definition) is 0. The molecule has 0 radical (unpaired) electrons. The Morgan fingerprint density at radius 3 is 1.32 bits per heavy atom. The van der Waals surface area contributed by atoms with Crippen molar-refractivity contribution in [2.24, 2.45) is 11.8 Å². The van der Waals surface area contributed by atoms with E-state index >= 15 is 0 Å². The lowest BCUT2D eigenvalue weighted by molar-refractivity contribution is -0.180. The number of piperazine rings is 1. The Labute approximate surface area is 384 Å². The second-order valence-electron chi connectivity index (χ2n) is 19.9. The van der Waals surface area contributed by atoms with Gasteiger partial charge in [0.15, 0.2) is 5.79 Å². The van der Waals surface area contributed by atoms with Crippen molar-refractivity contribution in [2.75, 3.05) is 59.6 Å². The molecule has 8 nitrogen and oxygen atoms in total. The van der Waals surface area contributed by atoms with Gasteiger partial charge in [-0.1, -0.05) is 169 Å². The summed E-state index contributed by atoms with van der Waals surface area (Å²) < 4.78 is 24.8. The quantitative estimate of drug-likeness (QED) is 0.0443. The molecular formula is C54H104N2O6. The van der Waals surface area contributed by atoms with Crippen molar-refractivity contribution in [1.29, 1.82) is 0 Å². The number of nitrogens with zero attached hydrogens (tertiary/aromatic N) is 2. The van der Waals surface area contributed by atoms with E-state index in [1.54, 1.807) is 0 Å². The van der Waals surface area contributed by atoms with E-state index in [4.69, 9.17) is 18.9 Å². The molecule has 0 saturated carbocycles. The smallest absolute Gasteiger partial charge is 0.306 e. The minimum absolute atomic E-state index is 0.0236. The van der Waals surface area contributed by atoms with Crippen LogP contribution < -0.4 is 0 Å². The van der Waals surface area contributed by atoms with E-state index in [1.165, 1.54) is 154 Å². The van der Waals surface area contributed by atoms with Crippen LogP contribution in [0.25, 0.3) is 0 Å². The summed E-state index contributed by atoms with van der Waals surface area (Å²) in [6, 6.07) is 0. The third-order valence-electron chi connectivity index (χ3n) is 14.0. The molecule has 1 atom stereocenters. The average molecular weight is 877 g/mol. The summed E-state index contributed by atoms with van der Waals surface area (Å²) in [6.45, 7) is 16.6. The van der Waals surface area contributed by atoms with E-state index in [0.717, 1.165) is 97.1 Å². The Balaban J connectivity index is 1.63. The molecule has 0 N–H and O–H groups in total. The van der Waals surface area contributed by atoms with Crippen molar-refractivity contribution in [2.45, 2.75) is 264 Å². The molecule has 62 heavy (non-hydrogen) atoms. The van der Waals surface area contributed by atoms with Gasteiger partial charge in [-0.2, -0.15) is 0 Å². The fourth-order valence-corrected chi connectivity index (χ4v) is 9.69. The maximum Gasteiger partial charge on any atom is 0.306 e. The van der Waals surface area contributed by atoms with Gasteiger partial charge in [0.1, 0.15) is 0 Å². The normalized spacial score (nSPS) is 17.1. The Bertz CT molecular complexity index is 956. The predicted octanol–water partition coefficient (Wildman–Crippen LogP) is 14.4. The summed E-state index contributed by atoms with van der Waals surface area (Å²) in [5.74, 6) is 0.645. The van der Waals surface area contributed by atoms with E-state index in [0.29, 0.717) is 37.9 Å². The lowest BCUT2D eigenvalue weighted by Gasteiger charge is -2.33. The molecule has 1 unspecified atom stereocenters. The number of carbonyl (C=O) groups is 2. The molecule has 2 saturated heterocycles. The molecule has 366 valence electrons. The molecule has 8 heteroatoms. The number of hydrogen-bond acceptors (Lipinski definition) is 8. The summed E-state index contributed by atoms with van der Waals surface area (Å²) in [5.41, 5.74) is 0. The van der Waals surface area contributed by atoms with Gasteiger partial charge in [0.25, 0.3) is 0 Å². The van der Waals surface area contributed by atoms with Gasteiger partial charge in [-0.25, -0.2) is 0 Å². The van der Waals surface area contributed by atoms with Crippen molar-refractivity contribution in [3.63, 3.8) is 0 Å². The van der Waals surface area contributed by atoms with Crippen LogP contribution in [0.2, 0.25) is 0 Å². The first-order valence-electron chi connectivity index (χ1n) is 27.4. The second-order valence-corrected chi connectivity index (χ2v) is 19.9. The topological polar surface area (TPSA) is 77.5 Å². The Morgan fingerprint density at radius 2 is 0.919 bits per heavy atom. The zero-order valence-corrected chi connectivity index (χ0v) is 42.0. The lowest BCUT2D eigenvalue weighted by atomic mass is 9.92. The number of rotatable bonds is 43. The first kappa shape index (κ1) is 56.9. The lowest BCUT2D eigenvalue weighted by Crippen LogP contribution is -2.45. The first-order valence-corrected chi connectivity index (χ1v) is 27.4. The highest BCUT2D eigenvalue weighted by molar-refractivity contribution is 5.70. The SMILES string of the molecule is CCCCCC(CCCCC)CC(=O)OCCCCCCCCCC1(CCCCCCCCCOC(=O)CC(CCCCC)CCCCC)OCC(CCN2CCN(C)CC2)O1. The summed E-state index contributed by atoms with van der Waals surface area (Å²) >= 11 is 0. The number of carbonyl (C=O) groups excluding carboxylic acids is 2. The van der Waals surface area contributed by atoms with Gasteiger partial charge in [0, 0.05) is 58.4 Å². The van der Waals surface area contributed by atoms with Crippen LogP contribution in [0.3, 0.4) is 0 Å². The first-order chi connectivity index (χ1) is 30.3. The van der Waals surface area contributed by atoms with Crippen molar-refractivity contribution in [1.82, 2.24) is 9.80 Å². The van der Waals surface area contributed by atoms with Crippen LogP contribution in [0, 0.1) is 11.8 Å². The van der Waals surface area contributed by atoms with Crippen LogP contribution in [0.4, 0.5) is 0 Å². The van der Waals surface area contributed by atoms with Crippen molar-refractivity contribution >= 4 is 11.9 Å². The molecule has 0 amide bonds. The summed E-state index contributed by atoms with van der Waals surface area (Å²) in [6.07, 6.45) is 40.6. The van der Waals surface area contributed by atoms with Crippen LogP contribution in [0.1, 0.15) is 252 Å². The van der Waals surface area contributed by atoms with E-state index in [9.17, 15) is 9.59 Å². The van der Waals surface area contributed by atoms with Crippen molar-refractivity contribution in [3.05, 3.63) is 0 Å². The number of ether oxygens (including phenoxy) is 4. The fraction of sp³-hybridized carbons (Fsp3) is 0.963. The average Bonchev–Trinajstić information content (AvgIpc) is 3.67. The molecule has 2 aliphatic rings. The molecule has 0 aromatic carbocycles. The molecular weight excluding hydrogens is 773 g/mol. The molecule has 0 aromatic heterocycles. The van der Waals surface area contributed by atoms with E-state index in [-0.39, 0.29) is 18.0 Å². The highest BCUT2D eigenvalue weighted by Crippen LogP contribution is 2.36. The summed E-state index contributed by atoms with van der Waals surface area (Å²) in [5, 5.41) is 0. The zero-order valence-electron chi connectivity index (χ0n) is 42.0. The Hall–Kier alpha value is -1.22. The molecule has 2 rings (SSSR count). The van der Waals surface area contributed by atoms with Gasteiger partial charge < -0.3 is 28.7 Å². The third kappa shape index (κ3) is 30.1. The minimum atomic E-state index is -0.406. The number of esters is 2. The molecule has 2 heterocycles. The van der Waals surface area contributed by atoms with Crippen LogP contribution in [-0.4, -0.2) is 93.2 Å². The standard InChI is InChI=1S/C54H104N2O6/c1-6-10-24-32-49(33-25-11-7-2)46-52(57)59-44-30-22-18-14-16-20-28-37-54(61-48-51(62-54)36-39-56-42-40-55(5)41-43-56)38-29-21-17-15-19-23-31-45-60-53(58)47-50(34-26-12-8-3)35-27-13-9-4/h49-51H,6-48H2,1-5H3. The van der Waals surface area contributed by atoms with Crippen LogP contribution in [0.5, 0.6) is 0 Å². The molecule has 0 aliphatic carbocycles. The summed E-state index contributed by atoms with van der Waals surface area (Å²) in [7, 11) is 2.22. The van der Waals surface area contributed by atoms with Crippen molar-refractivity contribution < 1.29 is 28.5 Å². The monoisotopic (exact) mass is 877 g/mol. The highest BCUT2D eigenvalue weighted by Gasteiger charge is 2.40. The van der Waals surface area contributed by atoms with Gasteiger partial charge in [0.2, 0.25) is 0 Å². The molecule has 0 aromatic rings.